The maximum absolute atomic E-state index is 11.9. The SMILES string of the molecule is CN(C)CCCN1CCC(=O)C2CCCCC21. The first-order valence-electron chi connectivity index (χ1n) is 7.10. The molecule has 3 heteroatoms. The van der Waals surface area contributed by atoms with Gasteiger partial charge in [-0.3, -0.25) is 9.69 Å². The average Bonchev–Trinajstić information content (AvgIpc) is 2.32. The van der Waals surface area contributed by atoms with E-state index in [9.17, 15) is 4.79 Å². The van der Waals surface area contributed by atoms with Gasteiger partial charge in [-0.05, 0) is 46.4 Å². The molecule has 0 radical (unpaired) electrons. The number of ketones is 1. The van der Waals surface area contributed by atoms with Gasteiger partial charge in [-0.1, -0.05) is 12.8 Å². The quantitative estimate of drug-likeness (QED) is 0.746. The van der Waals surface area contributed by atoms with Gasteiger partial charge < -0.3 is 4.90 Å². The number of fused-ring (bicyclic) bond motifs is 1. The second kappa shape index (κ2) is 5.96. The molecule has 0 aromatic rings. The van der Waals surface area contributed by atoms with Crippen LogP contribution in [-0.4, -0.2) is 55.4 Å². The van der Waals surface area contributed by atoms with E-state index in [1.807, 2.05) is 0 Å². The van der Waals surface area contributed by atoms with Crippen molar-refractivity contribution in [1.82, 2.24) is 9.80 Å². The molecule has 17 heavy (non-hydrogen) atoms. The number of carbonyl (C=O) groups is 1. The zero-order chi connectivity index (χ0) is 12.3. The fraction of sp³-hybridized carbons (Fsp3) is 0.929. The molecule has 0 N–H and O–H groups in total. The maximum atomic E-state index is 11.9. The lowest BCUT2D eigenvalue weighted by molar-refractivity contribution is -0.130. The molecular weight excluding hydrogens is 212 g/mol. The summed E-state index contributed by atoms with van der Waals surface area (Å²) in [5.74, 6) is 0.912. The Hall–Kier alpha value is -0.410. The van der Waals surface area contributed by atoms with Crippen molar-refractivity contribution >= 4 is 5.78 Å². The van der Waals surface area contributed by atoms with Crippen molar-refractivity contribution in [1.29, 1.82) is 0 Å². The number of piperidine rings is 1. The van der Waals surface area contributed by atoms with Crippen LogP contribution in [0.5, 0.6) is 0 Å². The second-order valence-electron chi connectivity index (χ2n) is 5.87. The molecule has 2 atom stereocenters. The van der Waals surface area contributed by atoms with Crippen LogP contribution in [0.2, 0.25) is 0 Å². The van der Waals surface area contributed by atoms with E-state index in [2.05, 4.69) is 23.9 Å². The second-order valence-corrected chi connectivity index (χ2v) is 5.87. The highest BCUT2D eigenvalue weighted by atomic mass is 16.1. The molecule has 0 aromatic carbocycles. The van der Waals surface area contributed by atoms with Gasteiger partial charge in [0, 0.05) is 24.9 Å². The first kappa shape index (κ1) is 13.0. The third-order valence-electron chi connectivity index (χ3n) is 4.31. The largest absolute Gasteiger partial charge is 0.309 e. The lowest BCUT2D eigenvalue weighted by atomic mass is 9.77. The summed E-state index contributed by atoms with van der Waals surface area (Å²) in [6, 6.07) is 0.576. The molecule has 2 rings (SSSR count). The Kier molecular flexibility index (Phi) is 4.57. The van der Waals surface area contributed by atoms with Crippen LogP contribution >= 0.6 is 0 Å². The zero-order valence-corrected chi connectivity index (χ0v) is 11.3. The fourth-order valence-electron chi connectivity index (χ4n) is 3.40. The van der Waals surface area contributed by atoms with Crippen LogP contribution in [-0.2, 0) is 4.79 Å². The molecule has 1 heterocycles. The zero-order valence-electron chi connectivity index (χ0n) is 11.3. The van der Waals surface area contributed by atoms with E-state index in [0.717, 1.165) is 25.9 Å². The summed E-state index contributed by atoms with van der Waals surface area (Å²) in [5.41, 5.74) is 0. The van der Waals surface area contributed by atoms with E-state index in [0.29, 0.717) is 17.7 Å². The van der Waals surface area contributed by atoms with Gasteiger partial charge in [0.2, 0.25) is 0 Å². The standard InChI is InChI=1S/C14H26N2O/c1-15(2)9-5-10-16-11-8-14(17)12-6-3-4-7-13(12)16/h12-13H,3-11H2,1-2H3. The summed E-state index contributed by atoms with van der Waals surface area (Å²) >= 11 is 0. The summed E-state index contributed by atoms with van der Waals surface area (Å²) in [6.45, 7) is 3.34. The van der Waals surface area contributed by atoms with Crippen molar-refractivity contribution in [3.05, 3.63) is 0 Å². The number of Topliss-reactive ketones (excluding diaryl/α,β-unsaturated/α-hetero) is 1. The van der Waals surface area contributed by atoms with Crippen molar-refractivity contribution in [2.75, 3.05) is 33.7 Å². The summed E-state index contributed by atoms with van der Waals surface area (Å²) in [5, 5.41) is 0. The van der Waals surface area contributed by atoms with Gasteiger partial charge in [0.15, 0.2) is 0 Å². The minimum Gasteiger partial charge on any atom is -0.309 e. The summed E-state index contributed by atoms with van der Waals surface area (Å²) < 4.78 is 0. The van der Waals surface area contributed by atoms with Crippen LogP contribution in [0.25, 0.3) is 0 Å². The average molecular weight is 238 g/mol. The minimum atomic E-state index is 0.372. The Morgan fingerprint density at radius 2 is 2.06 bits per heavy atom. The highest BCUT2D eigenvalue weighted by Crippen LogP contribution is 2.33. The van der Waals surface area contributed by atoms with Gasteiger partial charge >= 0.3 is 0 Å². The van der Waals surface area contributed by atoms with Crippen LogP contribution < -0.4 is 0 Å². The molecule has 2 unspecified atom stereocenters. The van der Waals surface area contributed by atoms with E-state index in [1.165, 1.54) is 32.2 Å². The molecule has 3 nitrogen and oxygen atoms in total. The lowest BCUT2D eigenvalue weighted by Gasteiger charge is -2.43. The predicted molar refractivity (Wildman–Crippen MR) is 70.1 cm³/mol. The van der Waals surface area contributed by atoms with Crippen molar-refractivity contribution in [2.45, 2.75) is 44.6 Å². The first-order valence-corrected chi connectivity index (χ1v) is 7.10. The van der Waals surface area contributed by atoms with Crippen LogP contribution in [0.4, 0.5) is 0 Å². The Morgan fingerprint density at radius 3 is 2.82 bits per heavy atom. The Bertz CT molecular complexity index is 265. The monoisotopic (exact) mass is 238 g/mol. The number of nitrogens with zero attached hydrogens (tertiary/aromatic N) is 2. The molecule has 2 aliphatic rings. The predicted octanol–water partition coefficient (Wildman–Crippen LogP) is 1.77. The van der Waals surface area contributed by atoms with E-state index in [-0.39, 0.29) is 0 Å². The van der Waals surface area contributed by atoms with Crippen molar-refractivity contribution < 1.29 is 4.79 Å². The number of likely N-dealkylation sites (tertiary alicyclic amines) is 1. The highest BCUT2D eigenvalue weighted by Gasteiger charge is 2.37. The van der Waals surface area contributed by atoms with E-state index in [4.69, 9.17) is 0 Å². The normalized spacial score (nSPS) is 30.6. The van der Waals surface area contributed by atoms with E-state index >= 15 is 0 Å². The third kappa shape index (κ3) is 3.29. The Morgan fingerprint density at radius 1 is 1.29 bits per heavy atom. The van der Waals surface area contributed by atoms with Gasteiger partial charge in [-0.25, -0.2) is 0 Å². The molecule has 1 saturated heterocycles. The number of carbonyl (C=O) groups excluding carboxylic acids is 1. The van der Waals surface area contributed by atoms with Crippen LogP contribution in [0.3, 0.4) is 0 Å². The maximum Gasteiger partial charge on any atom is 0.138 e. The van der Waals surface area contributed by atoms with Gasteiger partial charge in [-0.15, -0.1) is 0 Å². The fourth-order valence-corrected chi connectivity index (χ4v) is 3.40. The molecular formula is C14H26N2O. The third-order valence-corrected chi connectivity index (χ3v) is 4.31. The van der Waals surface area contributed by atoms with Crippen molar-refractivity contribution in [3.63, 3.8) is 0 Å². The molecule has 2 fully saturated rings. The smallest absolute Gasteiger partial charge is 0.138 e. The molecule has 0 aromatic heterocycles. The van der Waals surface area contributed by atoms with Gasteiger partial charge in [0.25, 0.3) is 0 Å². The van der Waals surface area contributed by atoms with Crippen LogP contribution in [0.1, 0.15) is 38.5 Å². The first-order chi connectivity index (χ1) is 8.18. The summed E-state index contributed by atoms with van der Waals surface area (Å²) in [7, 11) is 4.26. The van der Waals surface area contributed by atoms with Gasteiger partial charge in [-0.2, -0.15) is 0 Å². The molecule has 1 saturated carbocycles. The summed E-state index contributed by atoms with van der Waals surface area (Å²) in [4.78, 5) is 16.8. The van der Waals surface area contributed by atoms with Crippen LogP contribution in [0, 0.1) is 5.92 Å². The Labute approximate surface area is 105 Å². The van der Waals surface area contributed by atoms with Gasteiger partial charge in [0.05, 0.1) is 0 Å². The number of rotatable bonds is 4. The number of hydrogen-bond acceptors (Lipinski definition) is 3. The Balaban J connectivity index is 1.86. The van der Waals surface area contributed by atoms with E-state index in [1.54, 1.807) is 0 Å². The molecule has 98 valence electrons. The summed E-state index contributed by atoms with van der Waals surface area (Å²) in [6.07, 6.45) is 7.00. The van der Waals surface area contributed by atoms with E-state index < -0.39 is 0 Å². The molecule has 0 amide bonds. The van der Waals surface area contributed by atoms with Crippen molar-refractivity contribution in [3.8, 4) is 0 Å². The minimum absolute atomic E-state index is 0.372. The molecule has 1 aliphatic heterocycles. The van der Waals surface area contributed by atoms with Gasteiger partial charge in [0.1, 0.15) is 5.78 Å². The number of hydrogen-bond donors (Lipinski definition) is 0. The molecule has 1 aliphatic carbocycles. The van der Waals surface area contributed by atoms with Crippen LogP contribution in [0.15, 0.2) is 0 Å². The topological polar surface area (TPSA) is 23.6 Å². The molecule has 0 spiro atoms. The highest BCUT2D eigenvalue weighted by molar-refractivity contribution is 5.82. The molecule has 0 bridgehead atoms. The lowest BCUT2D eigenvalue weighted by Crippen LogP contribution is -2.51. The van der Waals surface area contributed by atoms with Crippen molar-refractivity contribution in [2.24, 2.45) is 5.92 Å².